The highest BCUT2D eigenvalue weighted by Gasteiger charge is 2.32. The molecule has 0 bridgehead atoms. The molecule has 0 saturated carbocycles. The van der Waals surface area contributed by atoms with Gasteiger partial charge < -0.3 is 0 Å². The van der Waals surface area contributed by atoms with E-state index in [-0.39, 0.29) is 0 Å². The maximum Gasteiger partial charge on any atom is 0.424 e. The monoisotopic (exact) mass is 174 g/mol. The van der Waals surface area contributed by atoms with Gasteiger partial charge in [0.05, 0.1) is 0 Å². The summed E-state index contributed by atoms with van der Waals surface area (Å²) in [4.78, 5) is 0. The van der Waals surface area contributed by atoms with Crippen molar-refractivity contribution in [1.82, 2.24) is 0 Å². The minimum absolute atomic E-state index is 0.500. The SMILES string of the molecule is C#C/C(=C\C(C)=C/C)C(F)(F)F. The van der Waals surface area contributed by atoms with Gasteiger partial charge in [0.15, 0.2) is 0 Å². The third-order valence-electron chi connectivity index (χ3n) is 1.29. The van der Waals surface area contributed by atoms with Crippen LogP contribution in [0.1, 0.15) is 13.8 Å². The van der Waals surface area contributed by atoms with Crippen molar-refractivity contribution in [2.75, 3.05) is 0 Å². The van der Waals surface area contributed by atoms with Crippen LogP contribution < -0.4 is 0 Å². The van der Waals surface area contributed by atoms with Crippen LogP contribution in [0.25, 0.3) is 0 Å². The van der Waals surface area contributed by atoms with E-state index in [1.54, 1.807) is 25.8 Å². The number of rotatable bonds is 1. The van der Waals surface area contributed by atoms with E-state index < -0.39 is 11.7 Å². The Morgan fingerprint density at radius 1 is 1.42 bits per heavy atom. The Morgan fingerprint density at radius 2 is 1.92 bits per heavy atom. The molecule has 0 saturated heterocycles. The van der Waals surface area contributed by atoms with Gasteiger partial charge in [-0.3, -0.25) is 0 Å². The normalized spacial score (nSPS) is 14.3. The predicted octanol–water partition coefficient (Wildman–Crippen LogP) is 3.07. The molecule has 0 aromatic heterocycles. The van der Waals surface area contributed by atoms with E-state index in [0.717, 1.165) is 6.08 Å². The first-order valence-electron chi connectivity index (χ1n) is 3.30. The molecule has 0 heterocycles. The van der Waals surface area contributed by atoms with E-state index in [2.05, 4.69) is 0 Å². The lowest BCUT2D eigenvalue weighted by Gasteiger charge is -2.04. The summed E-state index contributed by atoms with van der Waals surface area (Å²) in [6.07, 6.45) is 2.78. The first kappa shape index (κ1) is 10.8. The quantitative estimate of drug-likeness (QED) is 0.423. The van der Waals surface area contributed by atoms with Crippen LogP contribution in [0.4, 0.5) is 13.2 Å². The standard InChI is InChI=1S/C9H9F3/c1-4-7(3)6-8(5-2)9(10,11)12/h2,4,6H,1,3H3/b7-4-,8-6+. The van der Waals surface area contributed by atoms with Gasteiger partial charge in [0.2, 0.25) is 0 Å². The third-order valence-corrected chi connectivity index (χ3v) is 1.29. The molecule has 0 aliphatic heterocycles. The molecule has 0 radical (unpaired) electrons. The topological polar surface area (TPSA) is 0 Å². The maximum absolute atomic E-state index is 12.0. The summed E-state index contributed by atoms with van der Waals surface area (Å²) < 4.78 is 35.9. The highest BCUT2D eigenvalue weighted by atomic mass is 19.4. The molecule has 0 nitrogen and oxygen atoms in total. The summed E-state index contributed by atoms with van der Waals surface area (Å²) in [5, 5.41) is 0. The van der Waals surface area contributed by atoms with Crippen LogP contribution in [-0.4, -0.2) is 6.18 Å². The summed E-state index contributed by atoms with van der Waals surface area (Å²) in [7, 11) is 0. The molecule has 0 spiro atoms. The zero-order valence-electron chi connectivity index (χ0n) is 6.87. The fourth-order valence-electron chi connectivity index (χ4n) is 0.516. The van der Waals surface area contributed by atoms with E-state index in [9.17, 15) is 13.2 Å². The summed E-state index contributed by atoms with van der Waals surface area (Å²) in [5.74, 6) is 1.60. The van der Waals surface area contributed by atoms with Crippen molar-refractivity contribution in [3.05, 3.63) is 23.3 Å². The molecular formula is C9H9F3. The van der Waals surface area contributed by atoms with Crippen LogP contribution in [-0.2, 0) is 0 Å². The molecule has 0 N–H and O–H groups in total. The van der Waals surface area contributed by atoms with E-state index in [1.807, 2.05) is 0 Å². The average molecular weight is 174 g/mol. The fourth-order valence-corrected chi connectivity index (χ4v) is 0.516. The molecule has 0 rings (SSSR count). The summed E-state index contributed by atoms with van der Waals surface area (Å²) in [6.45, 7) is 3.21. The maximum atomic E-state index is 12.0. The molecule has 3 heteroatoms. The van der Waals surface area contributed by atoms with E-state index in [1.165, 1.54) is 0 Å². The zero-order valence-corrected chi connectivity index (χ0v) is 6.87. The number of terminal acetylenes is 1. The molecule has 0 aliphatic carbocycles. The predicted molar refractivity (Wildman–Crippen MR) is 42.4 cm³/mol. The van der Waals surface area contributed by atoms with Gasteiger partial charge in [0.25, 0.3) is 0 Å². The summed E-state index contributed by atoms with van der Waals surface area (Å²) in [5.41, 5.74) is -0.446. The van der Waals surface area contributed by atoms with Gasteiger partial charge in [0.1, 0.15) is 5.57 Å². The van der Waals surface area contributed by atoms with Crippen molar-refractivity contribution < 1.29 is 13.2 Å². The van der Waals surface area contributed by atoms with Crippen molar-refractivity contribution in [3.8, 4) is 12.3 Å². The van der Waals surface area contributed by atoms with Crippen LogP contribution in [0.5, 0.6) is 0 Å². The summed E-state index contributed by atoms with van der Waals surface area (Å²) in [6, 6.07) is 0. The van der Waals surface area contributed by atoms with Crippen LogP contribution >= 0.6 is 0 Å². The molecule has 0 aromatic carbocycles. The lowest BCUT2D eigenvalue weighted by atomic mass is 10.1. The molecular weight excluding hydrogens is 165 g/mol. The summed E-state index contributed by atoms with van der Waals surface area (Å²) >= 11 is 0. The van der Waals surface area contributed by atoms with Crippen molar-refractivity contribution >= 4 is 0 Å². The number of hydrogen-bond acceptors (Lipinski definition) is 0. The van der Waals surface area contributed by atoms with Gasteiger partial charge in [-0.2, -0.15) is 13.2 Å². The Bertz CT molecular complexity index is 248. The van der Waals surface area contributed by atoms with Gasteiger partial charge in [0, 0.05) is 0 Å². The van der Waals surface area contributed by atoms with Gasteiger partial charge >= 0.3 is 6.18 Å². The second-order valence-corrected chi connectivity index (χ2v) is 2.23. The van der Waals surface area contributed by atoms with Crippen LogP contribution in [0, 0.1) is 12.3 Å². The van der Waals surface area contributed by atoms with Crippen molar-refractivity contribution in [2.24, 2.45) is 0 Å². The van der Waals surface area contributed by atoms with E-state index in [4.69, 9.17) is 6.42 Å². The van der Waals surface area contributed by atoms with Gasteiger partial charge in [-0.05, 0) is 19.9 Å². The molecule has 12 heavy (non-hydrogen) atoms. The number of alkyl halides is 3. The number of hydrogen-bond donors (Lipinski definition) is 0. The Labute approximate surface area is 69.8 Å². The Hall–Kier alpha value is -1.17. The third kappa shape index (κ3) is 3.29. The van der Waals surface area contributed by atoms with Crippen molar-refractivity contribution in [3.63, 3.8) is 0 Å². The minimum Gasteiger partial charge on any atom is -0.165 e. The molecule has 0 unspecified atom stereocenters. The van der Waals surface area contributed by atoms with Gasteiger partial charge in [-0.1, -0.05) is 17.6 Å². The second-order valence-electron chi connectivity index (χ2n) is 2.23. The molecule has 0 aliphatic rings. The smallest absolute Gasteiger partial charge is 0.165 e. The van der Waals surface area contributed by atoms with Crippen molar-refractivity contribution in [1.29, 1.82) is 0 Å². The van der Waals surface area contributed by atoms with Crippen LogP contribution in [0.3, 0.4) is 0 Å². The largest absolute Gasteiger partial charge is 0.424 e. The van der Waals surface area contributed by atoms with E-state index >= 15 is 0 Å². The zero-order chi connectivity index (χ0) is 9.78. The first-order valence-corrected chi connectivity index (χ1v) is 3.30. The molecule has 0 aromatic rings. The highest BCUT2D eigenvalue weighted by molar-refractivity contribution is 5.36. The number of allylic oxidation sites excluding steroid dienone is 4. The highest BCUT2D eigenvalue weighted by Crippen LogP contribution is 2.25. The number of halogens is 3. The molecule has 66 valence electrons. The molecule has 0 fully saturated rings. The fraction of sp³-hybridized carbons (Fsp3) is 0.333. The minimum atomic E-state index is -4.42. The van der Waals surface area contributed by atoms with Crippen LogP contribution in [0.2, 0.25) is 0 Å². The van der Waals surface area contributed by atoms with Gasteiger partial charge in [-0.25, -0.2) is 0 Å². The van der Waals surface area contributed by atoms with Crippen molar-refractivity contribution in [2.45, 2.75) is 20.0 Å². The van der Waals surface area contributed by atoms with Crippen LogP contribution in [0.15, 0.2) is 23.3 Å². The lowest BCUT2D eigenvalue weighted by molar-refractivity contribution is -0.0872. The average Bonchev–Trinajstić information content (AvgIpc) is 1.97. The van der Waals surface area contributed by atoms with Gasteiger partial charge in [-0.15, -0.1) is 6.42 Å². The molecule has 0 amide bonds. The Balaban J connectivity index is 4.84. The lowest BCUT2D eigenvalue weighted by Crippen LogP contribution is -2.10. The molecule has 0 atom stereocenters. The second kappa shape index (κ2) is 4.01. The Morgan fingerprint density at radius 3 is 2.17 bits per heavy atom. The first-order chi connectivity index (χ1) is 5.41. The Kier molecular flexibility index (Phi) is 3.62. The van der Waals surface area contributed by atoms with E-state index in [0.29, 0.717) is 5.57 Å².